The SMILES string of the molecule is C=CC1CCN(C(=O)[C@H]2NCCO[C@@H]2C)CC1. The first-order chi connectivity index (χ1) is 8.22. The number of morpholine rings is 1. The summed E-state index contributed by atoms with van der Waals surface area (Å²) in [6, 6.07) is -0.163. The summed E-state index contributed by atoms with van der Waals surface area (Å²) < 4.78 is 5.52. The van der Waals surface area contributed by atoms with Crippen molar-refractivity contribution < 1.29 is 9.53 Å². The Morgan fingerprint density at radius 1 is 1.47 bits per heavy atom. The van der Waals surface area contributed by atoms with Crippen LogP contribution in [0.5, 0.6) is 0 Å². The van der Waals surface area contributed by atoms with E-state index in [1.807, 2.05) is 17.9 Å². The second-order valence-corrected chi connectivity index (χ2v) is 4.91. The summed E-state index contributed by atoms with van der Waals surface area (Å²) in [4.78, 5) is 14.3. The molecule has 2 aliphatic rings. The van der Waals surface area contributed by atoms with Gasteiger partial charge in [0, 0.05) is 19.6 Å². The molecule has 4 heteroatoms. The van der Waals surface area contributed by atoms with Crippen LogP contribution in [0, 0.1) is 5.92 Å². The van der Waals surface area contributed by atoms with E-state index in [0.29, 0.717) is 12.5 Å². The van der Waals surface area contributed by atoms with Gasteiger partial charge in [-0.25, -0.2) is 0 Å². The van der Waals surface area contributed by atoms with Crippen LogP contribution in [-0.2, 0) is 9.53 Å². The molecular formula is C13H22N2O2. The summed E-state index contributed by atoms with van der Waals surface area (Å²) in [6.45, 7) is 8.94. The highest BCUT2D eigenvalue weighted by atomic mass is 16.5. The van der Waals surface area contributed by atoms with Crippen molar-refractivity contribution in [1.82, 2.24) is 10.2 Å². The van der Waals surface area contributed by atoms with E-state index in [1.54, 1.807) is 0 Å². The van der Waals surface area contributed by atoms with E-state index in [1.165, 1.54) is 0 Å². The molecule has 0 aromatic carbocycles. The summed E-state index contributed by atoms with van der Waals surface area (Å²) in [6.07, 6.45) is 4.06. The summed E-state index contributed by atoms with van der Waals surface area (Å²) in [7, 11) is 0. The Morgan fingerprint density at radius 3 is 2.76 bits per heavy atom. The van der Waals surface area contributed by atoms with Gasteiger partial charge in [0.05, 0.1) is 12.7 Å². The van der Waals surface area contributed by atoms with Gasteiger partial charge in [-0.05, 0) is 25.7 Å². The van der Waals surface area contributed by atoms with Crippen molar-refractivity contribution in [1.29, 1.82) is 0 Å². The van der Waals surface area contributed by atoms with Crippen molar-refractivity contribution >= 4 is 5.91 Å². The molecule has 0 aromatic heterocycles. The quantitative estimate of drug-likeness (QED) is 0.723. The Morgan fingerprint density at radius 2 is 2.18 bits per heavy atom. The maximum Gasteiger partial charge on any atom is 0.242 e. The van der Waals surface area contributed by atoms with Gasteiger partial charge in [-0.15, -0.1) is 6.58 Å². The van der Waals surface area contributed by atoms with Gasteiger partial charge in [-0.3, -0.25) is 4.79 Å². The maximum absolute atomic E-state index is 12.3. The van der Waals surface area contributed by atoms with Gasteiger partial charge in [0.1, 0.15) is 6.04 Å². The van der Waals surface area contributed by atoms with Crippen molar-refractivity contribution in [2.75, 3.05) is 26.2 Å². The lowest BCUT2D eigenvalue weighted by Gasteiger charge is -2.37. The van der Waals surface area contributed by atoms with Crippen LogP contribution in [-0.4, -0.2) is 49.2 Å². The van der Waals surface area contributed by atoms with E-state index in [0.717, 1.165) is 32.5 Å². The number of nitrogens with one attached hydrogen (secondary N) is 1. The standard InChI is InChI=1S/C13H22N2O2/c1-3-11-4-7-15(8-5-11)13(16)12-10(2)17-9-6-14-12/h3,10-12,14H,1,4-9H2,2H3/t10-,12+/m1/s1. The highest BCUT2D eigenvalue weighted by molar-refractivity contribution is 5.82. The van der Waals surface area contributed by atoms with Crippen molar-refractivity contribution in [3.05, 3.63) is 12.7 Å². The minimum atomic E-state index is -0.163. The smallest absolute Gasteiger partial charge is 0.242 e. The number of piperidine rings is 1. The average Bonchev–Trinajstić information content (AvgIpc) is 2.39. The van der Waals surface area contributed by atoms with Gasteiger partial charge in [-0.2, -0.15) is 0 Å². The zero-order valence-corrected chi connectivity index (χ0v) is 10.5. The molecule has 2 fully saturated rings. The number of carbonyl (C=O) groups excluding carboxylic acids is 1. The Balaban J connectivity index is 1.89. The number of nitrogens with zero attached hydrogens (tertiary/aromatic N) is 1. The summed E-state index contributed by atoms with van der Waals surface area (Å²) in [5.74, 6) is 0.770. The first kappa shape index (κ1) is 12.6. The molecule has 2 rings (SSSR count). The number of amides is 1. The van der Waals surface area contributed by atoms with Crippen LogP contribution in [0.1, 0.15) is 19.8 Å². The summed E-state index contributed by atoms with van der Waals surface area (Å²) in [5.41, 5.74) is 0. The van der Waals surface area contributed by atoms with E-state index in [9.17, 15) is 4.79 Å². The predicted octanol–water partition coefficient (Wildman–Crippen LogP) is 0.788. The fraction of sp³-hybridized carbons (Fsp3) is 0.769. The maximum atomic E-state index is 12.3. The van der Waals surface area contributed by atoms with E-state index in [2.05, 4.69) is 11.9 Å². The van der Waals surface area contributed by atoms with Gasteiger partial charge in [0.25, 0.3) is 0 Å². The van der Waals surface area contributed by atoms with E-state index in [-0.39, 0.29) is 18.1 Å². The predicted molar refractivity (Wildman–Crippen MR) is 66.7 cm³/mol. The lowest BCUT2D eigenvalue weighted by atomic mass is 9.96. The number of hydrogen-bond acceptors (Lipinski definition) is 3. The van der Waals surface area contributed by atoms with Crippen LogP contribution < -0.4 is 5.32 Å². The topological polar surface area (TPSA) is 41.6 Å². The monoisotopic (exact) mass is 238 g/mol. The van der Waals surface area contributed by atoms with Crippen molar-refractivity contribution in [2.45, 2.75) is 31.9 Å². The average molecular weight is 238 g/mol. The second kappa shape index (κ2) is 5.65. The van der Waals surface area contributed by atoms with Crippen LogP contribution in [0.2, 0.25) is 0 Å². The first-order valence-electron chi connectivity index (χ1n) is 6.48. The second-order valence-electron chi connectivity index (χ2n) is 4.91. The minimum Gasteiger partial charge on any atom is -0.375 e. The van der Waals surface area contributed by atoms with E-state index >= 15 is 0 Å². The van der Waals surface area contributed by atoms with Crippen LogP contribution >= 0.6 is 0 Å². The molecule has 0 aliphatic carbocycles. The van der Waals surface area contributed by atoms with E-state index < -0.39 is 0 Å². The number of ether oxygens (including phenoxy) is 1. The lowest BCUT2D eigenvalue weighted by molar-refractivity contribution is -0.140. The Kier molecular flexibility index (Phi) is 4.18. The van der Waals surface area contributed by atoms with Crippen molar-refractivity contribution in [3.8, 4) is 0 Å². The third-order valence-electron chi connectivity index (χ3n) is 3.77. The fourth-order valence-corrected chi connectivity index (χ4v) is 2.56. The van der Waals surface area contributed by atoms with Crippen LogP contribution in [0.3, 0.4) is 0 Å². The minimum absolute atomic E-state index is 0.0200. The van der Waals surface area contributed by atoms with Crippen molar-refractivity contribution in [2.24, 2.45) is 5.92 Å². The molecule has 0 radical (unpaired) electrons. The molecular weight excluding hydrogens is 216 g/mol. The zero-order valence-electron chi connectivity index (χ0n) is 10.5. The van der Waals surface area contributed by atoms with Crippen molar-refractivity contribution in [3.63, 3.8) is 0 Å². The molecule has 0 bridgehead atoms. The number of likely N-dealkylation sites (tertiary alicyclic amines) is 1. The molecule has 1 N–H and O–H groups in total. The Hall–Kier alpha value is -0.870. The molecule has 4 nitrogen and oxygen atoms in total. The molecule has 17 heavy (non-hydrogen) atoms. The molecule has 2 saturated heterocycles. The van der Waals surface area contributed by atoms with Gasteiger partial charge in [-0.1, -0.05) is 6.08 Å². The highest BCUT2D eigenvalue weighted by Gasteiger charge is 2.33. The number of allylic oxidation sites excluding steroid dienone is 1. The largest absolute Gasteiger partial charge is 0.375 e. The van der Waals surface area contributed by atoms with Gasteiger partial charge >= 0.3 is 0 Å². The molecule has 96 valence electrons. The molecule has 0 spiro atoms. The van der Waals surface area contributed by atoms with Crippen LogP contribution in [0.25, 0.3) is 0 Å². The fourth-order valence-electron chi connectivity index (χ4n) is 2.56. The van der Waals surface area contributed by atoms with Gasteiger partial charge in [0.2, 0.25) is 5.91 Å². The molecule has 0 saturated carbocycles. The summed E-state index contributed by atoms with van der Waals surface area (Å²) >= 11 is 0. The molecule has 2 heterocycles. The number of rotatable bonds is 2. The molecule has 2 atom stereocenters. The lowest BCUT2D eigenvalue weighted by Crippen LogP contribution is -2.57. The normalized spacial score (nSPS) is 31.2. The van der Waals surface area contributed by atoms with Gasteiger partial charge < -0.3 is 15.0 Å². The molecule has 0 unspecified atom stereocenters. The summed E-state index contributed by atoms with van der Waals surface area (Å²) in [5, 5.41) is 3.25. The first-order valence-corrected chi connectivity index (χ1v) is 6.48. The van der Waals surface area contributed by atoms with Crippen LogP contribution in [0.4, 0.5) is 0 Å². The van der Waals surface area contributed by atoms with Crippen LogP contribution in [0.15, 0.2) is 12.7 Å². The van der Waals surface area contributed by atoms with Gasteiger partial charge in [0.15, 0.2) is 0 Å². The third kappa shape index (κ3) is 2.87. The zero-order chi connectivity index (χ0) is 12.3. The molecule has 2 aliphatic heterocycles. The highest BCUT2D eigenvalue weighted by Crippen LogP contribution is 2.19. The van der Waals surface area contributed by atoms with E-state index in [4.69, 9.17) is 4.74 Å². The molecule has 0 aromatic rings. The Labute approximate surface area is 103 Å². The number of carbonyl (C=O) groups is 1. The molecule has 1 amide bonds. The Bertz CT molecular complexity index is 285. The third-order valence-corrected chi connectivity index (χ3v) is 3.77. The number of hydrogen-bond donors (Lipinski definition) is 1.